The summed E-state index contributed by atoms with van der Waals surface area (Å²) in [7, 11) is 0. The van der Waals surface area contributed by atoms with Crippen molar-refractivity contribution in [3.05, 3.63) is 53.6 Å². The van der Waals surface area contributed by atoms with Crippen LogP contribution in [0.1, 0.15) is 32.0 Å². The molecular formula is C22H28FN5O3. The Labute approximate surface area is 181 Å². The first-order valence-corrected chi connectivity index (χ1v) is 10.1. The quantitative estimate of drug-likeness (QED) is 0.679. The molecule has 1 unspecified atom stereocenters. The molecule has 166 valence electrons. The number of hydrogen-bond donors (Lipinski definition) is 3. The first-order chi connectivity index (χ1) is 14.6. The van der Waals surface area contributed by atoms with E-state index in [0.29, 0.717) is 30.9 Å². The second kappa shape index (κ2) is 8.89. The second-order valence-electron chi connectivity index (χ2n) is 8.28. The molecule has 1 aliphatic rings. The maximum absolute atomic E-state index is 15.1. The number of anilines is 2. The average Bonchev–Trinajstić information content (AvgIpc) is 2.70. The highest BCUT2D eigenvalue weighted by molar-refractivity contribution is 5.99. The van der Waals surface area contributed by atoms with Crippen LogP contribution in [-0.2, 0) is 6.54 Å². The number of carboxylic acid groups (broad SMARTS) is 1. The maximum atomic E-state index is 15.1. The van der Waals surface area contributed by atoms with Crippen LogP contribution in [0.15, 0.2) is 36.5 Å². The van der Waals surface area contributed by atoms with Gasteiger partial charge in [-0.15, -0.1) is 0 Å². The minimum absolute atomic E-state index is 0.0751. The molecule has 0 aliphatic carbocycles. The van der Waals surface area contributed by atoms with Gasteiger partial charge < -0.3 is 20.6 Å². The fourth-order valence-corrected chi connectivity index (χ4v) is 3.78. The van der Waals surface area contributed by atoms with Crippen molar-refractivity contribution in [1.29, 1.82) is 0 Å². The Hall–Kier alpha value is -3.20. The summed E-state index contributed by atoms with van der Waals surface area (Å²) in [6, 6.07) is 7.66. The molecule has 1 saturated heterocycles. The topological polar surface area (TPSA) is 97.8 Å². The van der Waals surface area contributed by atoms with Gasteiger partial charge in [0.1, 0.15) is 0 Å². The summed E-state index contributed by atoms with van der Waals surface area (Å²) in [6.45, 7) is 8.68. The molecule has 31 heavy (non-hydrogen) atoms. The third-order valence-corrected chi connectivity index (χ3v) is 5.98. The molecule has 0 bridgehead atoms. The average molecular weight is 429 g/mol. The molecule has 9 heteroatoms. The summed E-state index contributed by atoms with van der Waals surface area (Å²) in [5.74, 6) is -0.509. The number of rotatable bonds is 4. The molecule has 3 N–H and O–H groups in total. The number of nitrogens with zero attached hydrogens (tertiary/aromatic N) is 3. The van der Waals surface area contributed by atoms with Gasteiger partial charge in [-0.3, -0.25) is 9.88 Å². The Morgan fingerprint density at radius 2 is 1.97 bits per heavy atom. The Balaban J connectivity index is 1.70. The van der Waals surface area contributed by atoms with E-state index in [2.05, 4.69) is 20.5 Å². The number of nitrogens with one attached hydrogen (secondary N) is 2. The van der Waals surface area contributed by atoms with Crippen molar-refractivity contribution in [3.8, 4) is 0 Å². The van der Waals surface area contributed by atoms with Crippen molar-refractivity contribution < 1.29 is 19.1 Å². The maximum Gasteiger partial charge on any atom is 0.407 e. The van der Waals surface area contributed by atoms with Crippen LogP contribution >= 0.6 is 0 Å². The fraction of sp³-hybridized carbons (Fsp3) is 0.409. The Morgan fingerprint density at radius 3 is 2.61 bits per heavy atom. The van der Waals surface area contributed by atoms with E-state index in [1.165, 1.54) is 17.2 Å². The molecule has 3 rings (SSSR count). The number of carbonyl (C=O) groups is 2. The standard InChI is InChI=1S/C22H28FN5O3/c1-14-8-9-17(12-24-14)25-20(29)26-18-7-5-6-16(19(18)23)13-27-10-11-28(21(30)31)22(3,4)15(27)2/h5-9,12,15H,10-11,13H2,1-4H3,(H,30,31)(H2,25,26,29). The molecule has 1 aromatic heterocycles. The van der Waals surface area contributed by atoms with Crippen molar-refractivity contribution in [2.45, 2.75) is 45.8 Å². The molecule has 0 radical (unpaired) electrons. The van der Waals surface area contributed by atoms with E-state index in [1.807, 2.05) is 27.7 Å². The van der Waals surface area contributed by atoms with Crippen LogP contribution in [0.4, 0.5) is 25.4 Å². The van der Waals surface area contributed by atoms with Gasteiger partial charge in [0.2, 0.25) is 0 Å². The van der Waals surface area contributed by atoms with Crippen molar-refractivity contribution >= 4 is 23.5 Å². The molecule has 1 atom stereocenters. The van der Waals surface area contributed by atoms with Crippen molar-refractivity contribution in [3.63, 3.8) is 0 Å². The van der Waals surface area contributed by atoms with E-state index in [0.717, 1.165) is 5.69 Å². The molecule has 8 nitrogen and oxygen atoms in total. The summed E-state index contributed by atoms with van der Waals surface area (Å²) in [4.78, 5) is 31.4. The Morgan fingerprint density at radius 1 is 1.23 bits per heavy atom. The van der Waals surface area contributed by atoms with E-state index >= 15 is 4.39 Å². The van der Waals surface area contributed by atoms with Crippen LogP contribution in [0.3, 0.4) is 0 Å². The van der Waals surface area contributed by atoms with E-state index < -0.39 is 23.5 Å². The van der Waals surface area contributed by atoms with Gasteiger partial charge >= 0.3 is 12.1 Å². The third kappa shape index (κ3) is 4.93. The van der Waals surface area contributed by atoms with Gasteiger partial charge in [-0.2, -0.15) is 0 Å². The molecule has 0 spiro atoms. The third-order valence-electron chi connectivity index (χ3n) is 5.98. The number of halogens is 1. The normalized spacial score (nSPS) is 18.5. The summed E-state index contributed by atoms with van der Waals surface area (Å²) < 4.78 is 15.1. The Kier molecular flexibility index (Phi) is 6.45. The number of benzene rings is 1. The van der Waals surface area contributed by atoms with Gasteiger partial charge in [-0.25, -0.2) is 14.0 Å². The molecule has 1 aromatic carbocycles. The number of carbonyl (C=O) groups excluding carboxylic acids is 1. The zero-order valence-electron chi connectivity index (χ0n) is 18.1. The Bertz CT molecular complexity index is 964. The monoisotopic (exact) mass is 429 g/mol. The lowest BCUT2D eigenvalue weighted by atomic mass is 9.89. The smallest absolute Gasteiger partial charge is 0.407 e. The summed E-state index contributed by atoms with van der Waals surface area (Å²) in [6.07, 6.45) is 0.574. The van der Waals surface area contributed by atoms with Crippen LogP contribution in [0.25, 0.3) is 0 Å². The lowest BCUT2D eigenvalue weighted by Gasteiger charge is -2.50. The van der Waals surface area contributed by atoms with Gasteiger partial charge in [0.05, 0.1) is 23.1 Å². The number of pyridine rings is 1. The fourth-order valence-electron chi connectivity index (χ4n) is 3.78. The van der Waals surface area contributed by atoms with E-state index in [9.17, 15) is 14.7 Å². The van der Waals surface area contributed by atoms with Crippen LogP contribution in [0.2, 0.25) is 0 Å². The van der Waals surface area contributed by atoms with Gasteiger partial charge in [0.25, 0.3) is 0 Å². The summed E-state index contributed by atoms with van der Waals surface area (Å²) in [5.41, 5.74) is 1.23. The number of aryl methyl sites for hydroxylation is 1. The van der Waals surface area contributed by atoms with Crippen molar-refractivity contribution in [2.24, 2.45) is 0 Å². The number of urea groups is 1. The predicted molar refractivity (Wildman–Crippen MR) is 117 cm³/mol. The number of hydrogen-bond acceptors (Lipinski definition) is 4. The molecule has 1 aliphatic heterocycles. The van der Waals surface area contributed by atoms with E-state index in [-0.39, 0.29) is 11.7 Å². The highest BCUT2D eigenvalue weighted by Crippen LogP contribution is 2.30. The zero-order valence-corrected chi connectivity index (χ0v) is 18.1. The minimum Gasteiger partial charge on any atom is -0.465 e. The highest BCUT2D eigenvalue weighted by Gasteiger charge is 2.42. The summed E-state index contributed by atoms with van der Waals surface area (Å²) in [5, 5.41) is 14.6. The first-order valence-electron chi connectivity index (χ1n) is 10.1. The number of piperazine rings is 1. The van der Waals surface area contributed by atoms with Crippen molar-refractivity contribution in [2.75, 3.05) is 23.7 Å². The first kappa shape index (κ1) is 22.5. The van der Waals surface area contributed by atoms with Crippen LogP contribution < -0.4 is 10.6 Å². The summed E-state index contributed by atoms with van der Waals surface area (Å²) >= 11 is 0. The SMILES string of the molecule is Cc1ccc(NC(=O)Nc2cccc(CN3CCN(C(=O)O)C(C)(C)C3C)c2F)cn1. The van der Waals surface area contributed by atoms with Crippen LogP contribution in [0, 0.1) is 12.7 Å². The molecule has 2 aromatic rings. The molecule has 0 saturated carbocycles. The second-order valence-corrected chi connectivity index (χ2v) is 8.28. The van der Waals surface area contributed by atoms with Gasteiger partial charge in [-0.1, -0.05) is 12.1 Å². The minimum atomic E-state index is -0.955. The van der Waals surface area contributed by atoms with Crippen LogP contribution in [-0.4, -0.2) is 56.7 Å². The lowest BCUT2D eigenvalue weighted by molar-refractivity contribution is -0.0184. The van der Waals surface area contributed by atoms with E-state index in [1.54, 1.807) is 24.3 Å². The highest BCUT2D eigenvalue weighted by atomic mass is 19.1. The zero-order chi connectivity index (χ0) is 22.8. The molecule has 3 amide bonds. The van der Waals surface area contributed by atoms with Gasteiger partial charge in [0, 0.05) is 36.9 Å². The molecule has 1 fully saturated rings. The molecular weight excluding hydrogens is 401 g/mol. The molecule has 2 heterocycles. The number of amides is 3. The van der Waals surface area contributed by atoms with Crippen LogP contribution in [0.5, 0.6) is 0 Å². The van der Waals surface area contributed by atoms with E-state index in [4.69, 9.17) is 0 Å². The van der Waals surface area contributed by atoms with Gasteiger partial charge in [0.15, 0.2) is 5.82 Å². The van der Waals surface area contributed by atoms with Gasteiger partial charge in [-0.05, 0) is 45.9 Å². The number of aromatic nitrogens is 1. The van der Waals surface area contributed by atoms with Crippen molar-refractivity contribution in [1.82, 2.24) is 14.8 Å². The lowest BCUT2D eigenvalue weighted by Crippen LogP contribution is -2.65. The predicted octanol–water partition coefficient (Wildman–Crippen LogP) is 4.14. The largest absolute Gasteiger partial charge is 0.465 e.